The van der Waals surface area contributed by atoms with E-state index in [-0.39, 0.29) is 28.9 Å². The zero-order valence-electron chi connectivity index (χ0n) is 12.1. The first-order chi connectivity index (χ1) is 9.85. The highest BCUT2D eigenvalue weighted by molar-refractivity contribution is 7.89. The molecular formula is C13H19NO6S. The van der Waals surface area contributed by atoms with Gasteiger partial charge in [-0.05, 0) is 24.6 Å². The molecule has 1 aromatic rings. The van der Waals surface area contributed by atoms with Crippen LogP contribution < -0.4 is 4.72 Å². The number of ether oxygens (including phenoxy) is 2. The number of aromatic hydroxyl groups is 1. The molecule has 1 atom stereocenters. The van der Waals surface area contributed by atoms with Crippen molar-refractivity contribution in [2.45, 2.75) is 24.3 Å². The normalized spacial score (nSPS) is 12.9. The van der Waals surface area contributed by atoms with Crippen molar-refractivity contribution in [2.24, 2.45) is 0 Å². The van der Waals surface area contributed by atoms with Crippen LogP contribution in [0.15, 0.2) is 23.1 Å². The molecule has 0 spiro atoms. The number of esters is 1. The number of methoxy groups -OCH3 is 2. The molecule has 0 aliphatic carbocycles. The van der Waals surface area contributed by atoms with Crippen molar-refractivity contribution >= 4 is 16.0 Å². The number of nitrogens with one attached hydrogen (secondary N) is 1. The van der Waals surface area contributed by atoms with E-state index in [0.29, 0.717) is 6.42 Å². The van der Waals surface area contributed by atoms with Crippen LogP contribution in [-0.4, -0.2) is 46.4 Å². The summed E-state index contributed by atoms with van der Waals surface area (Å²) in [5.74, 6) is -1.15. The quantitative estimate of drug-likeness (QED) is 0.724. The van der Waals surface area contributed by atoms with Gasteiger partial charge < -0.3 is 14.6 Å². The number of hydrogen-bond acceptors (Lipinski definition) is 6. The molecule has 0 bridgehead atoms. The molecule has 0 saturated heterocycles. The number of hydrogen-bond donors (Lipinski definition) is 2. The van der Waals surface area contributed by atoms with Gasteiger partial charge in [0.05, 0.1) is 18.6 Å². The fraction of sp³-hybridized carbons (Fsp3) is 0.462. The average Bonchev–Trinajstić information content (AvgIpc) is 2.46. The van der Waals surface area contributed by atoms with E-state index < -0.39 is 16.0 Å². The third-order valence-electron chi connectivity index (χ3n) is 2.87. The molecule has 8 heteroatoms. The van der Waals surface area contributed by atoms with Crippen molar-refractivity contribution in [3.8, 4) is 5.75 Å². The van der Waals surface area contributed by atoms with E-state index in [0.717, 1.165) is 19.2 Å². The molecule has 0 aromatic heterocycles. The van der Waals surface area contributed by atoms with Crippen LogP contribution in [0.25, 0.3) is 0 Å². The Bertz CT molecular complexity index is 599. The van der Waals surface area contributed by atoms with E-state index in [1.165, 1.54) is 13.2 Å². The number of benzene rings is 1. The monoisotopic (exact) mass is 317 g/mol. The Kier molecular flexibility index (Phi) is 6.13. The Hall–Kier alpha value is -1.64. The summed E-state index contributed by atoms with van der Waals surface area (Å²) in [5.41, 5.74) is -0.208. The lowest BCUT2D eigenvalue weighted by Gasteiger charge is -2.16. The largest absolute Gasteiger partial charge is 0.507 e. The molecule has 0 fully saturated rings. The number of phenols is 1. The molecule has 1 aromatic carbocycles. The topological polar surface area (TPSA) is 102 Å². The summed E-state index contributed by atoms with van der Waals surface area (Å²) < 4.78 is 36.4. The summed E-state index contributed by atoms with van der Waals surface area (Å²) in [6.45, 7) is 2.06. The first-order valence-corrected chi connectivity index (χ1v) is 7.76. The van der Waals surface area contributed by atoms with Crippen molar-refractivity contribution in [3.05, 3.63) is 23.8 Å². The van der Waals surface area contributed by atoms with Gasteiger partial charge in [-0.1, -0.05) is 6.92 Å². The second-order valence-electron chi connectivity index (χ2n) is 4.35. The average molecular weight is 317 g/mol. The van der Waals surface area contributed by atoms with Gasteiger partial charge in [0.2, 0.25) is 10.0 Å². The maximum absolute atomic E-state index is 12.3. The molecular weight excluding hydrogens is 298 g/mol. The van der Waals surface area contributed by atoms with Crippen molar-refractivity contribution in [1.29, 1.82) is 0 Å². The molecule has 0 aliphatic heterocycles. The van der Waals surface area contributed by atoms with Crippen LogP contribution in [0.4, 0.5) is 0 Å². The van der Waals surface area contributed by atoms with Gasteiger partial charge in [0.1, 0.15) is 11.3 Å². The van der Waals surface area contributed by atoms with E-state index >= 15 is 0 Å². The number of carbonyl (C=O) groups excluding carboxylic acids is 1. The zero-order chi connectivity index (χ0) is 16.0. The summed E-state index contributed by atoms with van der Waals surface area (Å²) in [6.07, 6.45) is 0.551. The SMILES string of the molecule is CCC(COC)NS(=O)(=O)c1ccc(O)c(C(=O)OC)c1. The van der Waals surface area contributed by atoms with E-state index in [9.17, 15) is 18.3 Å². The van der Waals surface area contributed by atoms with E-state index in [1.54, 1.807) is 0 Å². The van der Waals surface area contributed by atoms with Crippen LogP contribution in [0.2, 0.25) is 0 Å². The predicted molar refractivity (Wildman–Crippen MR) is 75.7 cm³/mol. The predicted octanol–water partition coefficient (Wildman–Crippen LogP) is 0.882. The minimum absolute atomic E-state index is 0.129. The third kappa shape index (κ3) is 4.42. The number of carbonyl (C=O) groups is 1. The standard InChI is InChI=1S/C13H19NO6S/c1-4-9(8-19-2)14-21(17,18)10-5-6-12(15)11(7-10)13(16)20-3/h5-7,9,14-15H,4,8H2,1-3H3. The molecule has 118 valence electrons. The van der Waals surface area contributed by atoms with Crippen LogP contribution in [-0.2, 0) is 19.5 Å². The number of rotatable bonds is 7. The highest BCUT2D eigenvalue weighted by atomic mass is 32.2. The second kappa shape index (κ2) is 7.39. The summed E-state index contributed by atoms with van der Waals surface area (Å²) in [7, 11) is -1.20. The lowest BCUT2D eigenvalue weighted by Crippen LogP contribution is -2.37. The molecule has 2 N–H and O–H groups in total. The van der Waals surface area contributed by atoms with E-state index in [4.69, 9.17) is 4.74 Å². The Morgan fingerprint density at radius 2 is 2.05 bits per heavy atom. The van der Waals surface area contributed by atoms with Gasteiger partial charge in [0.15, 0.2) is 0 Å². The molecule has 0 saturated carbocycles. The minimum Gasteiger partial charge on any atom is -0.507 e. The van der Waals surface area contributed by atoms with Gasteiger partial charge in [-0.3, -0.25) is 0 Å². The molecule has 0 amide bonds. The third-order valence-corrected chi connectivity index (χ3v) is 4.38. The minimum atomic E-state index is -3.82. The molecule has 0 aliphatic rings. The van der Waals surface area contributed by atoms with E-state index in [2.05, 4.69) is 9.46 Å². The van der Waals surface area contributed by atoms with E-state index in [1.807, 2.05) is 6.92 Å². The highest BCUT2D eigenvalue weighted by Crippen LogP contribution is 2.22. The second-order valence-corrected chi connectivity index (χ2v) is 6.07. The van der Waals surface area contributed by atoms with Crippen LogP contribution in [0.5, 0.6) is 5.75 Å². The van der Waals surface area contributed by atoms with Gasteiger partial charge in [-0.2, -0.15) is 0 Å². The Labute approximate surface area is 123 Å². The fourth-order valence-corrected chi connectivity index (χ4v) is 3.01. The van der Waals surface area contributed by atoms with Gasteiger partial charge in [0.25, 0.3) is 0 Å². The van der Waals surface area contributed by atoms with Gasteiger partial charge in [0, 0.05) is 13.2 Å². The van der Waals surface area contributed by atoms with Gasteiger partial charge >= 0.3 is 5.97 Å². The lowest BCUT2D eigenvalue weighted by molar-refractivity contribution is 0.0597. The van der Waals surface area contributed by atoms with Crippen LogP contribution in [0.3, 0.4) is 0 Å². The smallest absolute Gasteiger partial charge is 0.341 e. The molecule has 7 nitrogen and oxygen atoms in total. The summed E-state index contributed by atoms with van der Waals surface area (Å²) in [6, 6.07) is 3.04. The molecule has 1 rings (SSSR count). The number of sulfonamides is 1. The van der Waals surface area contributed by atoms with Gasteiger partial charge in [-0.25, -0.2) is 17.9 Å². The Morgan fingerprint density at radius 1 is 1.38 bits per heavy atom. The van der Waals surface area contributed by atoms with Crippen LogP contribution in [0.1, 0.15) is 23.7 Å². The van der Waals surface area contributed by atoms with Crippen molar-refractivity contribution in [3.63, 3.8) is 0 Å². The Morgan fingerprint density at radius 3 is 2.57 bits per heavy atom. The zero-order valence-corrected chi connectivity index (χ0v) is 12.9. The molecule has 1 unspecified atom stereocenters. The van der Waals surface area contributed by atoms with Crippen LogP contribution >= 0.6 is 0 Å². The Balaban J connectivity index is 3.11. The molecule has 0 heterocycles. The highest BCUT2D eigenvalue weighted by Gasteiger charge is 2.22. The van der Waals surface area contributed by atoms with Crippen molar-refractivity contribution in [1.82, 2.24) is 4.72 Å². The lowest BCUT2D eigenvalue weighted by atomic mass is 10.2. The van der Waals surface area contributed by atoms with Crippen LogP contribution in [0, 0.1) is 0 Å². The fourth-order valence-electron chi connectivity index (χ4n) is 1.68. The summed E-state index contributed by atoms with van der Waals surface area (Å²) in [4.78, 5) is 11.3. The summed E-state index contributed by atoms with van der Waals surface area (Å²) in [5, 5.41) is 9.58. The van der Waals surface area contributed by atoms with Crippen molar-refractivity contribution < 1.29 is 27.8 Å². The molecule has 0 radical (unpaired) electrons. The first-order valence-electron chi connectivity index (χ1n) is 6.28. The summed E-state index contributed by atoms with van der Waals surface area (Å²) >= 11 is 0. The first kappa shape index (κ1) is 17.4. The maximum Gasteiger partial charge on any atom is 0.341 e. The van der Waals surface area contributed by atoms with Crippen molar-refractivity contribution in [2.75, 3.05) is 20.8 Å². The molecule has 21 heavy (non-hydrogen) atoms. The maximum atomic E-state index is 12.3. The number of phenolic OH excluding ortho intramolecular Hbond substituents is 1. The van der Waals surface area contributed by atoms with Gasteiger partial charge in [-0.15, -0.1) is 0 Å².